The van der Waals surface area contributed by atoms with Gasteiger partial charge in [0.15, 0.2) is 0 Å². The molecule has 0 amide bonds. The molecule has 0 bridgehead atoms. The van der Waals surface area contributed by atoms with E-state index in [-0.39, 0.29) is 11.6 Å². The van der Waals surface area contributed by atoms with Gasteiger partial charge in [-0.1, -0.05) is 6.07 Å². The first-order valence-corrected chi connectivity index (χ1v) is 4.45. The van der Waals surface area contributed by atoms with Crippen LogP contribution in [0.3, 0.4) is 0 Å². The van der Waals surface area contributed by atoms with Crippen LogP contribution in [-0.4, -0.2) is 24.1 Å². The van der Waals surface area contributed by atoms with Crippen LogP contribution in [0.1, 0.15) is 6.42 Å². The molecule has 3 N–H and O–H groups in total. The third-order valence-corrected chi connectivity index (χ3v) is 2.32. The molecular formula is C9H13N3O. The van der Waals surface area contributed by atoms with Gasteiger partial charge in [0.25, 0.3) is 0 Å². The zero-order valence-electron chi connectivity index (χ0n) is 7.36. The molecule has 0 radical (unpaired) electrons. The van der Waals surface area contributed by atoms with Crippen LogP contribution >= 0.6 is 0 Å². The second-order valence-electron chi connectivity index (χ2n) is 3.40. The third kappa shape index (κ3) is 1.72. The number of anilines is 1. The Labute approximate surface area is 76.4 Å². The number of aromatic amines is 1. The maximum absolute atomic E-state index is 11.0. The van der Waals surface area contributed by atoms with Crippen LogP contribution in [-0.2, 0) is 0 Å². The normalized spacial score (nSPS) is 22.2. The van der Waals surface area contributed by atoms with E-state index in [1.165, 1.54) is 6.07 Å². The zero-order chi connectivity index (χ0) is 9.26. The van der Waals surface area contributed by atoms with Crippen molar-refractivity contribution in [1.82, 2.24) is 4.98 Å². The average Bonchev–Trinajstić information content (AvgIpc) is 2.52. The summed E-state index contributed by atoms with van der Waals surface area (Å²) in [4.78, 5) is 15.9. The monoisotopic (exact) mass is 179 g/mol. The smallest absolute Gasteiger partial charge is 0.249 e. The van der Waals surface area contributed by atoms with Gasteiger partial charge in [-0.15, -0.1) is 0 Å². The van der Waals surface area contributed by atoms with E-state index in [0.29, 0.717) is 0 Å². The molecule has 0 saturated carbocycles. The Balaban J connectivity index is 2.21. The summed E-state index contributed by atoms with van der Waals surface area (Å²) in [5.74, 6) is 0.875. The van der Waals surface area contributed by atoms with Crippen molar-refractivity contribution in [3.05, 3.63) is 28.6 Å². The van der Waals surface area contributed by atoms with Crippen molar-refractivity contribution in [1.29, 1.82) is 0 Å². The second kappa shape index (κ2) is 3.22. The number of hydrogen-bond donors (Lipinski definition) is 2. The molecule has 1 aliphatic heterocycles. The highest BCUT2D eigenvalue weighted by atomic mass is 16.1. The Morgan fingerprint density at radius 1 is 1.54 bits per heavy atom. The maximum Gasteiger partial charge on any atom is 0.249 e. The van der Waals surface area contributed by atoms with Crippen molar-refractivity contribution in [2.75, 3.05) is 18.0 Å². The lowest BCUT2D eigenvalue weighted by Gasteiger charge is -2.16. The Morgan fingerprint density at radius 3 is 3.00 bits per heavy atom. The number of nitrogens with two attached hydrogens (primary N) is 1. The first-order chi connectivity index (χ1) is 6.25. The lowest BCUT2D eigenvalue weighted by molar-refractivity contribution is 0.751. The topological polar surface area (TPSA) is 62.1 Å². The van der Waals surface area contributed by atoms with Crippen LogP contribution in [0.2, 0.25) is 0 Å². The minimum atomic E-state index is -0.0574. The van der Waals surface area contributed by atoms with Gasteiger partial charge in [-0.05, 0) is 12.5 Å². The fraction of sp³-hybridized carbons (Fsp3) is 0.444. The highest BCUT2D eigenvalue weighted by Crippen LogP contribution is 2.14. The molecule has 1 saturated heterocycles. The standard InChI is InChI=1S/C9H13N3O/c10-7-4-5-12(6-7)8-2-1-3-9(13)11-8/h1-3,7H,4-6,10H2,(H,11,13). The van der Waals surface area contributed by atoms with Crippen molar-refractivity contribution in [3.63, 3.8) is 0 Å². The molecule has 1 aromatic heterocycles. The number of pyridine rings is 1. The van der Waals surface area contributed by atoms with Crippen molar-refractivity contribution < 1.29 is 0 Å². The number of rotatable bonds is 1. The first kappa shape index (κ1) is 8.31. The van der Waals surface area contributed by atoms with E-state index in [4.69, 9.17) is 5.73 Å². The van der Waals surface area contributed by atoms with E-state index in [1.807, 2.05) is 6.07 Å². The highest BCUT2D eigenvalue weighted by molar-refractivity contribution is 5.39. The Bertz CT molecular complexity index is 347. The summed E-state index contributed by atoms with van der Waals surface area (Å²) in [6, 6.07) is 5.42. The minimum Gasteiger partial charge on any atom is -0.356 e. The predicted octanol–water partition coefficient (Wildman–Crippen LogP) is -0.0877. The predicted molar refractivity (Wildman–Crippen MR) is 51.9 cm³/mol. The van der Waals surface area contributed by atoms with Crippen LogP contribution in [0.4, 0.5) is 5.82 Å². The third-order valence-electron chi connectivity index (χ3n) is 2.32. The van der Waals surface area contributed by atoms with Crippen LogP contribution < -0.4 is 16.2 Å². The van der Waals surface area contributed by atoms with Gasteiger partial charge in [0, 0.05) is 25.2 Å². The summed E-state index contributed by atoms with van der Waals surface area (Å²) < 4.78 is 0. The summed E-state index contributed by atoms with van der Waals surface area (Å²) in [5.41, 5.74) is 5.71. The van der Waals surface area contributed by atoms with Gasteiger partial charge in [-0.2, -0.15) is 0 Å². The zero-order valence-corrected chi connectivity index (χ0v) is 7.36. The molecular weight excluding hydrogens is 166 g/mol. The largest absolute Gasteiger partial charge is 0.356 e. The highest BCUT2D eigenvalue weighted by Gasteiger charge is 2.19. The molecule has 1 fully saturated rings. The fourth-order valence-corrected chi connectivity index (χ4v) is 1.63. The van der Waals surface area contributed by atoms with Crippen molar-refractivity contribution in [3.8, 4) is 0 Å². The molecule has 1 atom stereocenters. The molecule has 4 heteroatoms. The van der Waals surface area contributed by atoms with Crippen LogP contribution in [0.25, 0.3) is 0 Å². The van der Waals surface area contributed by atoms with Gasteiger partial charge in [0.05, 0.1) is 0 Å². The Hall–Kier alpha value is -1.29. The quantitative estimate of drug-likeness (QED) is 0.633. The van der Waals surface area contributed by atoms with Gasteiger partial charge >= 0.3 is 0 Å². The van der Waals surface area contributed by atoms with Crippen LogP contribution in [0.5, 0.6) is 0 Å². The Morgan fingerprint density at radius 2 is 2.38 bits per heavy atom. The molecule has 1 aliphatic rings. The molecule has 2 rings (SSSR count). The van der Waals surface area contributed by atoms with Crippen LogP contribution in [0.15, 0.2) is 23.0 Å². The maximum atomic E-state index is 11.0. The Kier molecular flexibility index (Phi) is 2.06. The number of nitrogens with one attached hydrogen (secondary N) is 1. The van der Waals surface area contributed by atoms with E-state index >= 15 is 0 Å². The lowest BCUT2D eigenvalue weighted by atomic mass is 10.3. The number of H-pyrrole nitrogens is 1. The van der Waals surface area contributed by atoms with Crippen molar-refractivity contribution in [2.45, 2.75) is 12.5 Å². The fourth-order valence-electron chi connectivity index (χ4n) is 1.63. The SMILES string of the molecule is NC1CCN(c2cccc(=O)[nH]2)C1. The van der Waals surface area contributed by atoms with E-state index in [2.05, 4.69) is 9.88 Å². The summed E-state index contributed by atoms with van der Waals surface area (Å²) in [7, 11) is 0. The molecule has 4 nitrogen and oxygen atoms in total. The minimum absolute atomic E-state index is 0.0574. The molecule has 0 aromatic carbocycles. The van der Waals surface area contributed by atoms with Gasteiger partial charge in [-0.3, -0.25) is 4.79 Å². The summed E-state index contributed by atoms with van der Waals surface area (Å²) in [6.07, 6.45) is 0.997. The molecule has 70 valence electrons. The van der Waals surface area contributed by atoms with Gasteiger partial charge < -0.3 is 15.6 Å². The van der Waals surface area contributed by atoms with Crippen LogP contribution in [0, 0.1) is 0 Å². The van der Waals surface area contributed by atoms with Gasteiger partial charge in [0.1, 0.15) is 5.82 Å². The molecule has 0 spiro atoms. The number of nitrogens with zero attached hydrogens (tertiary/aromatic N) is 1. The van der Waals surface area contributed by atoms with Crippen molar-refractivity contribution in [2.24, 2.45) is 5.73 Å². The van der Waals surface area contributed by atoms with E-state index in [0.717, 1.165) is 25.3 Å². The summed E-state index contributed by atoms with van der Waals surface area (Å²) >= 11 is 0. The van der Waals surface area contributed by atoms with E-state index in [9.17, 15) is 4.79 Å². The second-order valence-corrected chi connectivity index (χ2v) is 3.40. The first-order valence-electron chi connectivity index (χ1n) is 4.45. The molecule has 0 aliphatic carbocycles. The summed E-state index contributed by atoms with van der Waals surface area (Å²) in [6.45, 7) is 1.76. The van der Waals surface area contributed by atoms with Gasteiger partial charge in [-0.25, -0.2) is 0 Å². The average molecular weight is 179 g/mol. The molecule has 2 heterocycles. The number of aromatic nitrogens is 1. The van der Waals surface area contributed by atoms with E-state index < -0.39 is 0 Å². The lowest BCUT2D eigenvalue weighted by Crippen LogP contribution is -2.27. The van der Waals surface area contributed by atoms with Gasteiger partial charge in [0.2, 0.25) is 5.56 Å². The summed E-state index contributed by atoms with van der Waals surface area (Å²) in [5, 5.41) is 0. The number of hydrogen-bond acceptors (Lipinski definition) is 3. The molecule has 1 unspecified atom stereocenters. The molecule has 13 heavy (non-hydrogen) atoms. The van der Waals surface area contributed by atoms with Crippen molar-refractivity contribution >= 4 is 5.82 Å². The molecule has 1 aromatic rings. The van der Waals surface area contributed by atoms with E-state index in [1.54, 1.807) is 6.07 Å².